The summed E-state index contributed by atoms with van der Waals surface area (Å²) in [4.78, 5) is 2.48. The minimum Gasteiger partial charge on any atom is -0.318 e. The Bertz CT molecular complexity index is 388. The lowest BCUT2D eigenvalue weighted by Crippen LogP contribution is -2.36. The van der Waals surface area contributed by atoms with Gasteiger partial charge in [-0.15, -0.1) is 0 Å². The predicted octanol–water partition coefficient (Wildman–Crippen LogP) is 1.72. The second kappa shape index (κ2) is 6.44. The third-order valence-corrected chi connectivity index (χ3v) is 3.23. The molecule has 2 nitrogen and oxygen atoms in total. The first kappa shape index (κ1) is 12.2. The van der Waals surface area contributed by atoms with E-state index in [1.807, 2.05) is 25.2 Å². The molecule has 1 fully saturated rings. The van der Waals surface area contributed by atoms with Crippen LogP contribution in [0.2, 0.25) is 0 Å². The molecule has 1 atom stereocenters. The highest BCUT2D eigenvalue weighted by Crippen LogP contribution is 2.15. The van der Waals surface area contributed by atoms with Gasteiger partial charge in [0.15, 0.2) is 0 Å². The number of hydrogen-bond donors (Lipinski definition) is 1. The number of likely N-dealkylation sites (N-methyl/N-ethyl adjacent to an activating group) is 1. The molecule has 0 aromatic heterocycles. The van der Waals surface area contributed by atoms with Crippen LogP contribution in [0, 0.1) is 11.8 Å². The van der Waals surface area contributed by atoms with Crippen LogP contribution in [0.15, 0.2) is 30.3 Å². The number of rotatable bonds is 3. The average Bonchev–Trinajstić information content (AvgIpc) is 2.79. The number of nitrogens with one attached hydrogen (secondary N) is 1. The van der Waals surface area contributed by atoms with Crippen molar-refractivity contribution in [2.75, 3.05) is 26.7 Å². The molecule has 0 aliphatic carbocycles. The Labute approximate surface area is 104 Å². The van der Waals surface area contributed by atoms with Gasteiger partial charge in [-0.25, -0.2) is 0 Å². The molecule has 1 N–H and O–H groups in total. The normalized spacial score (nSPS) is 19.9. The highest BCUT2D eigenvalue weighted by Gasteiger charge is 2.22. The van der Waals surface area contributed by atoms with Crippen molar-refractivity contribution < 1.29 is 0 Å². The van der Waals surface area contributed by atoms with Gasteiger partial charge in [0.25, 0.3) is 0 Å². The number of hydrogen-bond acceptors (Lipinski definition) is 2. The zero-order valence-corrected chi connectivity index (χ0v) is 10.4. The molecule has 1 aliphatic rings. The van der Waals surface area contributed by atoms with E-state index in [0.717, 1.165) is 18.7 Å². The fourth-order valence-electron chi connectivity index (χ4n) is 2.33. The van der Waals surface area contributed by atoms with Crippen molar-refractivity contribution in [1.82, 2.24) is 10.2 Å². The van der Waals surface area contributed by atoms with Gasteiger partial charge >= 0.3 is 0 Å². The van der Waals surface area contributed by atoms with E-state index in [2.05, 4.69) is 34.2 Å². The molecule has 1 saturated heterocycles. The van der Waals surface area contributed by atoms with E-state index in [1.165, 1.54) is 19.4 Å². The van der Waals surface area contributed by atoms with Crippen molar-refractivity contribution in [2.45, 2.75) is 18.9 Å². The molecule has 2 heteroatoms. The number of likely N-dealkylation sites (tertiary alicyclic amines) is 1. The maximum absolute atomic E-state index is 3.28. The Hall–Kier alpha value is -1.30. The second-order valence-electron chi connectivity index (χ2n) is 4.49. The van der Waals surface area contributed by atoms with E-state index in [0.29, 0.717) is 6.04 Å². The van der Waals surface area contributed by atoms with Gasteiger partial charge in [0.2, 0.25) is 0 Å². The van der Waals surface area contributed by atoms with E-state index in [9.17, 15) is 0 Å². The topological polar surface area (TPSA) is 15.3 Å². The van der Waals surface area contributed by atoms with E-state index in [4.69, 9.17) is 0 Å². The fourth-order valence-corrected chi connectivity index (χ4v) is 2.33. The van der Waals surface area contributed by atoms with Crippen molar-refractivity contribution in [3.8, 4) is 11.8 Å². The molecule has 1 aromatic carbocycles. The summed E-state index contributed by atoms with van der Waals surface area (Å²) in [5, 5.41) is 3.26. The van der Waals surface area contributed by atoms with Crippen LogP contribution in [0.3, 0.4) is 0 Å². The van der Waals surface area contributed by atoms with Crippen LogP contribution < -0.4 is 5.32 Å². The van der Waals surface area contributed by atoms with Gasteiger partial charge < -0.3 is 5.32 Å². The molecule has 1 heterocycles. The summed E-state index contributed by atoms with van der Waals surface area (Å²) in [6.07, 6.45) is 2.60. The summed E-state index contributed by atoms with van der Waals surface area (Å²) in [6, 6.07) is 10.9. The van der Waals surface area contributed by atoms with Crippen LogP contribution in [0.5, 0.6) is 0 Å². The monoisotopic (exact) mass is 228 g/mol. The first-order valence-corrected chi connectivity index (χ1v) is 6.32. The van der Waals surface area contributed by atoms with Gasteiger partial charge in [-0.1, -0.05) is 30.0 Å². The zero-order chi connectivity index (χ0) is 11.9. The summed E-state index contributed by atoms with van der Waals surface area (Å²) in [7, 11) is 2.02. The van der Waals surface area contributed by atoms with Crippen molar-refractivity contribution >= 4 is 0 Å². The lowest BCUT2D eigenvalue weighted by Gasteiger charge is -2.21. The first-order valence-electron chi connectivity index (χ1n) is 6.32. The van der Waals surface area contributed by atoms with Crippen LogP contribution in [0.1, 0.15) is 18.4 Å². The zero-order valence-electron chi connectivity index (χ0n) is 10.4. The SMILES string of the molecule is CNCC1CCCN1CC#Cc1ccccc1. The molecule has 17 heavy (non-hydrogen) atoms. The minimum absolute atomic E-state index is 0.671. The van der Waals surface area contributed by atoms with Gasteiger partial charge in [0.1, 0.15) is 0 Å². The van der Waals surface area contributed by atoms with Gasteiger partial charge in [-0.2, -0.15) is 0 Å². The Morgan fingerprint density at radius 2 is 2.18 bits per heavy atom. The van der Waals surface area contributed by atoms with Crippen LogP contribution >= 0.6 is 0 Å². The van der Waals surface area contributed by atoms with Crippen LogP contribution in [0.4, 0.5) is 0 Å². The average molecular weight is 228 g/mol. The quantitative estimate of drug-likeness (QED) is 0.793. The van der Waals surface area contributed by atoms with Gasteiger partial charge in [0, 0.05) is 18.2 Å². The Morgan fingerprint density at radius 3 is 2.94 bits per heavy atom. The Morgan fingerprint density at radius 1 is 1.35 bits per heavy atom. The standard InChI is InChI=1S/C15H20N2/c1-16-13-15-10-6-12-17(15)11-5-9-14-7-3-2-4-8-14/h2-4,7-8,15-16H,6,10-13H2,1H3. The van der Waals surface area contributed by atoms with Gasteiger partial charge in [-0.05, 0) is 38.6 Å². The summed E-state index contributed by atoms with van der Waals surface area (Å²) in [6.45, 7) is 3.16. The van der Waals surface area contributed by atoms with Crippen molar-refractivity contribution in [2.24, 2.45) is 0 Å². The Kier molecular flexibility index (Phi) is 4.61. The maximum atomic E-state index is 3.28. The third kappa shape index (κ3) is 3.59. The molecule has 1 aromatic rings. The number of benzene rings is 1. The molecule has 2 rings (SSSR count). The van der Waals surface area contributed by atoms with E-state index in [1.54, 1.807) is 0 Å². The highest BCUT2D eigenvalue weighted by molar-refractivity contribution is 5.33. The molecule has 0 radical (unpaired) electrons. The van der Waals surface area contributed by atoms with Crippen molar-refractivity contribution in [1.29, 1.82) is 0 Å². The molecular formula is C15H20N2. The fraction of sp³-hybridized carbons (Fsp3) is 0.467. The van der Waals surface area contributed by atoms with Gasteiger partial charge in [-0.3, -0.25) is 4.90 Å². The summed E-state index contributed by atoms with van der Waals surface area (Å²) >= 11 is 0. The minimum atomic E-state index is 0.671. The smallest absolute Gasteiger partial charge is 0.0608 e. The summed E-state index contributed by atoms with van der Waals surface area (Å²) in [5.41, 5.74) is 1.11. The van der Waals surface area contributed by atoms with Crippen molar-refractivity contribution in [3.63, 3.8) is 0 Å². The molecule has 1 aliphatic heterocycles. The maximum Gasteiger partial charge on any atom is 0.0608 e. The lowest BCUT2D eigenvalue weighted by molar-refractivity contribution is 0.281. The second-order valence-corrected chi connectivity index (χ2v) is 4.49. The Balaban J connectivity index is 1.88. The largest absolute Gasteiger partial charge is 0.318 e. The molecule has 90 valence electrons. The van der Waals surface area contributed by atoms with E-state index >= 15 is 0 Å². The van der Waals surface area contributed by atoms with Crippen molar-refractivity contribution in [3.05, 3.63) is 35.9 Å². The molecular weight excluding hydrogens is 208 g/mol. The van der Waals surface area contributed by atoms with E-state index < -0.39 is 0 Å². The molecule has 0 amide bonds. The highest BCUT2D eigenvalue weighted by atomic mass is 15.2. The predicted molar refractivity (Wildman–Crippen MR) is 71.8 cm³/mol. The van der Waals surface area contributed by atoms with Gasteiger partial charge in [0.05, 0.1) is 6.54 Å². The number of nitrogens with zero attached hydrogens (tertiary/aromatic N) is 1. The molecule has 0 saturated carbocycles. The third-order valence-electron chi connectivity index (χ3n) is 3.23. The summed E-state index contributed by atoms with van der Waals surface area (Å²) < 4.78 is 0. The molecule has 0 bridgehead atoms. The van der Waals surface area contributed by atoms with Crippen LogP contribution in [-0.2, 0) is 0 Å². The lowest BCUT2D eigenvalue weighted by atomic mass is 10.2. The molecule has 1 unspecified atom stereocenters. The molecule has 0 spiro atoms. The summed E-state index contributed by atoms with van der Waals surface area (Å²) in [5.74, 6) is 6.50. The van der Waals surface area contributed by atoms with Crippen LogP contribution in [-0.4, -0.2) is 37.6 Å². The first-order chi connectivity index (χ1) is 8.40. The van der Waals surface area contributed by atoms with Crippen LogP contribution in [0.25, 0.3) is 0 Å². The van der Waals surface area contributed by atoms with E-state index in [-0.39, 0.29) is 0 Å².